The molecule has 1 spiro atoms. The summed E-state index contributed by atoms with van der Waals surface area (Å²) in [5, 5.41) is 0. The molecular weight excluding hydrogens is 212 g/mol. The van der Waals surface area contributed by atoms with Gasteiger partial charge < -0.3 is 17.7 Å². The molecule has 0 atom stereocenters. The van der Waals surface area contributed by atoms with Gasteiger partial charge in [-0.05, 0) is 0 Å². The molecule has 15 heavy (non-hydrogen) atoms. The molecule has 0 radical (unpaired) electrons. The predicted molar refractivity (Wildman–Crippen MR) is 56.6 cm³/mol. The Bertz CT molecular complexity index is 222. The van der Waals surface area contributed by atoms with Crippen LogP contribution in [0.5, 0.6) is 0 Å². The van der Waals surface area contributed by atoms with E-state index in [1.165, 1.54) is 0 Å². The molecule has 2 saturated heterocycles. The molecule has 0 aromatic heterocycles. The van der Waals surface area contributed by atoms with Gasteiger partial charge in [-0.2, -0.15) is 0 Å². The van der Waals surface area contributed by atoms with Crippen molar-refractivity contribution in [1.82, 2.24) is 0 Å². The molecule has 4 nitrogen and oxygen atoms in total. The van der Waals surface area contributed by atoms with Crippen molar-refractivity contribution in [2.24, 2.45) is 10.8 Å². The largest absolute Gasteiger partial charge is 0.687 e. The van der Waals surface area contributed by atoms with E-state index in [1.54, 1.807) is 0 Å². The average Bonchev–Trinajstić information content (AvgIpc) is 1.71. The standard InChI is InChI=1S/C10H20O4Si/c1-9(2,3)7-11-15(12-7)13-8(14-15)10(4,5)6/h7-8H,1-6H3. The maximum atomic E-state index is 5.62. The molecule has 88 valence electrons. The van der Waals surface area contributed by atoms with E-state index in [9.17, 15) is 0 Å². The first-order valence-electron chi connectivity index (χ1n) is 5.34. The molecule has 0 aliphatic carbocycles. The van der Waals surface area contributed by atoms with Gasteiger partial charge in [0.1, 0.15) is 0 Å². The van der Waals surface area contributed by atoms with Gasteiger partial charge in [-0.1, -0.05) is 41.5 Å². The number of rotatable bonds is 0. The smallest absolute Gasteiger partial charge is 0.324 e. The Balaban J connectivity index is 1.83. The quantitative estimate of drug-likeness (QED) is 0.600. The Morgan fingerprint density at radius 1 is 0.667 bits per heavy atom. The van der Waals surface area contributed by atoms with Crippen LogP contribution in [0.3, 0.4) is 0 Å². The summed E-state index contributed by atoms with van der Waals surface area (Å²) in [5.74, 6) is 0. The maximum Gasteiger partial charge on any atom is 0.687 e. The number of hydrogen-bond acceptors (Lipinski definition) is 4. The summed E-state index contributed by atoms with van der Waals surface area (Å²) in [6, 6.07) is 0. The summed E-state index contributed by atoms with van der Waals surface area (Å²) in [4.78, 5) is 0. The molecule has 2 aliphatic rings. The highest BCUT2D eigenvalue weighted by Gasteiger charge is 2.71. The van der Waals surface area contributed by atoms with Crippen LogP contribution in [0.25, 0.3) is 0 Å². The summed E-state index contributed by atoms with van der Waals surface area (Å²) in [5.41, 5.74) is -0.0322. The highest BCUT2D eigenvalue weighted by Crippen LogP contribution is 2.46. The van der Waals surface area contributed by atoms with Gasteiger partial charge in [-0.3, -0.25) is 0 Å². The molecule has 2 heterocycles. The van der Waals surface area contributed by atoms with Crippen molar-refractivity contribution in [2.45, 2.75) is 54.1 Å². The molecule has 0 unspecified atom stereocenters. The molecule has 2 rings (SSSR count). The molecule has 5 heteroatoms. The first kappa shape index (κ1) is 11.5. The van der Waals surface area contributed by atoms with Crippen LogP contribution in [-0.2, 0) is 17.7 Å². The lowest BCUT2D eigenvalue weighted by atomic mass is 9.96. The highest BCUT2D eigenvalue weighted by molar-refractivity contribution is 6.57. The molecule has 0 bridgehead atoms. The third kappa shape index (κ3) is 1.99. The van der Waals surface area contributed by atoms with Gasteiger partial charge in [0.25, 0.3) is 0 Å². The second kappa shape index (κ2) is 3.04. The lowest BCUT2D eigenvalue weighted by Gasteiger charge is -2.56. The predicted octanol–water partition coefficient (Wildman–Crippen LogP) is 2.26. The molecular formula is C10H20O4Si. The lowest BCUT2D eigenvalue weighted by molar-refractivity contribution is -0.361. The summed E-state index contributed by atoms with van der Waals surface area (Å²) < 4.78 is 22.5. The van der Waals surface area contributed by atoms with E-state index in [0.717, 1.165) is 0 Å². The van der Waals surface area contributed by atoms with Crippen LogP contribution in [0.15, 0.2) is 0 Å². The first-order valence-corrected chi connectivity index (χ1v) is 6.97. The van der Waals surface area contributed by atoms with Crippen molar-refractivity contribution < 1.29 is 17.7 Å². The molecule has 0 saturated carbocycles. The van der Waals surface area contributed by atoms with Crippen molar-refractivity contribution in [3.8, 4) is 0 Å². The van der Waals surface area contributed by atoms with Crippen molar-refractivity contribution in [3.63, 3.8) is 0 Å². The SMILES string of the molecule is CC(C)(C)C1O[Si]2(O1)OC(C(C)(C)C)O2. The van der Waals surface area contributed by atoms with Crippen molar-refractivity contribution in [3.05, 3.63) is 0 Å². The number of hydrogen-bond donors (Lipinski definition) is 0. The van der Waals surface area contributed by atoms with Gasteiger partial charge >= 0.3 is 9.05 Å². The molecule has 0 aromatic carbocycles. The average molecular weight is 232 g/mol. The van der Waals surface area contributed by atoms with Crippen LogP contribution in [0, 0.1) is 10.8 Å². The second-order valence-corrected chi connectivity index (χ2v) is 8.31. The fourth-order valence-electron chi connectivity index (χ4n) is 1.36. The van der Waals surface area contributed by atoms with E-state index in [1.807, 2.05) is 0 Å². The second-order valence-electron chi connectivity index (χ2n) is 6.37. The van der Waals surface area contributed by atoms with Gasteiger partial charge in [-0.25, -0.2) is 0 Å². The molecule has 2 fully saturated rings. The minimum Gasteiger partial charge on any atom is -0.324 e. The van der Waals surface area contributed by atoms with Gasteiger partial charge in [0.2, 0.25) is 0 Å². The van der Waals surface area contributed by atoms with Crippen LogP contribution in [0.2, 0.25) is 0 Å². The van der Waals surface area contributed by atoms with Crippen LogP contribution >= 0.6 is 0 Å². The summed E-state index contributed by atoms with van der Waals surface area (Å²) in [6.07, 6.45) is -0.379. The summed E-state index contributed by atoms with van der Waals surface area (Å²) >= 11 is 0. The van der Waals surface area contributed by atoms with Crippen molar-refractivity contribution in [1.29, 1.82) is 0 Å². The van der Waals surface area contributed by atoms with E-state index in [0.29, 0.717) is 0 Å². The molecule has 0 amide bonds. The zero-order valence-corrected chi connectivity index (χ0v) is 11.3. The van der Waals surface area contributed by atoms with Crippen LogP contribution in [0.4, 0.5) is 0 Å². The van der Waals surface area contributed by atoms with E-state index in [-0.39, 0.29) is 23.4 Å². The minimum absolute atomic E-state index is 0.0161. The Kier molecular flexibility index (Phi) is 2.34. The zero-order chi connectivity index (χ0) is 11.5. The zero-order valence-electron chi connectivity index (χ0n) is 10.3. The van der Waals surface area contributed by atoms with Crippen LogP contribution < -0.4 is 0 Å². The van der Waals surface area contributed by atoms with E-state index < -0.39 is 9.05 Å². The van der Waals surface area contributed by atoms with Crippen molar-refractivity contribution in [2.75, 3.05) is 0 Å². The Morgan fingerprint density at radius 3 is 1.13 bits per heavy atom. The fraction of sp³-hybridized carbons (Fsp3) is 1.00. The van der Waals surface area contributed by atoms with Gasteiger partial charge in [-0.15, -0.1) is 0 Å². The first-order chi connectivity index (χ1) is 6.62. The third-order valence-corrected chi connectivity index (χ3v) is 4.43. The third-order valence-electron chi connectivity index (χ3n) is 2.42. The van der Waals surface area contributed by atoms with Gasteiger partial charge in [0.15, 0.2) is 12.6 Å². The van der Waals surface area contributed by atoms with E-state index in [2.05, 4.69) is 41.5 Å². The lowest BCUT2D eigenvalue weighted by Crippen LogP contribution is -2.76. The maximum absolute atomic E-state index is 5.62. The molecule has 2 aliphatic heterocycles. The van der Waals surface area contributed by atoms with E-state index >= 15 is 0 Å². The topological polar surface area (TPSA) is 36.9 Å². The Morgan fingerprint density at radius 2 is 0.933 bits per heavy atom. The molecule has 0 N–H and O–H groups in total. The Labute approximate surface area is 92.3 Å². The summed E-state index contributed by atoms with van der Waals surface area (Å²) in [6.45, 7) is 12.4. The highest BCUT2D eigenvalue weighted by atomic mass is 28.4. The van der Waals surface area contributed by atoms with Gasteiger partial charge in [0.05, 0.1) is 0 Å². The minimum atomic E-state index is -2.64. The van der Waals surface area contributed by atoms with E-state index in [4.69, 9.17) is 17.7 Å². The summed E-state index contributed by atoms with van der Waals surface area (Å²) in [7, 11) is -2.64. The fourth-order valence-corrected chi connectivity index (χ4v) is 4.08. The Hall–Kier alpha value is 0.0569. The monoisotopic (exact) mass is 232 g/mol. The van der Waals surface area contributed by atoms with Crippen molar-refractivity contribution >= 4 is 9.05 Å². The van der Waals surface area contributed by atoms with Crippen LogP contribution in [-0.4, -0.2) is 21.6 Å². The molecule has 0 aromatic rings. The van der Waals surface area contributed by atoms with Crippen LogP contribution in [0.1, 0.15) is 41.5 Å². The van der Waals surface area contributed by atoms with Gasteiger partial charge in [0, 0.05) is 10.8 Å². The normalized spacial score (nSPS) is 41.2.